The second-order valence-electron chi connectivity index (χ2n) is 4.99. The summed E-state index contributed by atoms with van der Waals surface area (Å²) in [6, 6.07) is 0.505. The van der Waals surface area contributed by atoms with Gasteiger partial charge in [-0.15, -0.1) is 0 Å². The van der Waals surface area contributed by atoms with Crippen molar-refractivity contribution in [2.45, 2.75) is 17.9 Å². The standard InChI is InChI=1S/C12H16N4O6S/c1-7(10(17)16-4-3-14-12(16)19)22-11(18)9-5-8(6-15(9)2)23(13,20)21/h5-7H,3-4H2,1-2H3,(H,14,19)(H2,13,20,21)/t7-/m1/s1. The molecule has 3 amide bonds. The number of sulfonamides is 1. The molecule has 1 aromatic rings. The molecule has 10 nitrogen and oxygen atoms in total. The first-order chi connectivity index (χ1) is 10.6. The number of aryl methyl sites for hydroxylation is 1. The number of aromatic nitrogens is 1. The number of imide groups is 1. The Hall–Kier alpha value is -2.40. The zero-order valence-electron chi connectivity index (χ0n) is 12.5. The van der Waals surface area contributed by atoms with E-state index in [1.165, 1.54) is 18.5 Å². The fourth-order valence-corrected chi connectivity index (χ4v) is 2.65. The second-order valence-corrected chi connectivity index (χ2v) is 6.55. The summed E-state index contributed by atoms with van der Waals surface area (Å²) in [7, 11) is -2.52. The van der Waals surface area contributed by atoms with Crippen LogP contribution in [0.2, 0.25) is 0 Å². The van der Waals surface area contributed by atoms with Crippen LogP contribution in [-0.4, -0.2) is 55.0 Å². The summed E-state index contributed by atoms with van der Waals surface area (Å²) in [5.74, 6) is -1.56. The van der Waals surface area contributed by atoms with E-state index in [4.69, 9.17) is 9.88 Å². The Kier molecular flexibility index (Phi) is 4.43. The maximum atomic E-state index is 12.1. The number of urea groups is 1. The fourth-order valence-electron chi connectivity index (χ4n) is 2.07. The molecular formula is C12H16N4O6S. The van der Waals surface area contributed by atoms with Gasteiger partial charge < -0.3 is 14.6 Å². The molecule has 11 heteroatoms. The number of nitrogens with zero attached hydrogens (tertiary/aromatic N) is 2. The van der Waals surface area contributed by atoms with E-state index in [2.05, 4.69) is 5.32 Å². The highest BCUT2D eigenvalue weighted by Crippen LogP contribution is 2.14. The van der Waals surface area contributed by atoms with Crippen LogP contribution in [0.3, 0.4) is 0 Å². The Morgan fingerprint density at radius 1 is 1.43 bits per heavy atom. The van der Waals surface area contributed by atoms with Crippen molar-refractivity contribution in [2.24, 2.45) is 12.2 Å². The van der Waals surface area contributed by atoms with Gasteiger partial charge in [-0.05, 0) is 13.0 Å². The highest BCUT2D eigenvalue weighted by atomic mass is 32.2. The highest BCUT2D eigenvalue weighted by molar-refractivity contribution is 7.89. The molecule has 0 saturated carbocycles. The van der Waals surface area contributed by atoms with Crippen molar-refractivity contribution in [1.29, 1.82) is 0 Å². The molecule has 0 aromatic carbocycles. The summed E-state index contributed by atoms with van der Waals surface area (Å²) < 4.78 is 28.8. The Morgan fingerprint density at radius 2 is 2.09 bits per heavy atom. The maximum absolute atomic E-state index is 12.1. The number of nitrogens with one attached hydrogen (secondary N) is 1. The molecule has 0 bridgehead atoms. The summed E-state index contributed by atoms with van der Waals surface area (Å²) in [5, 5.41) is 7.45. The lowest BCUT2D eigenvalue weighted by atomic mass is 10.3. The van der Waals surface area contributed by atoms with Crippen molar-refractivity contribution < 1.29 is 27.5 Å². The molecule has 0 radical (unpaired) electrons. The minimum absolute atomic E-state index is 0.0838. The predicted octanol–water partition coefficient (Wildman–Crippen LogP) is -1.23. The smallest absolute Gasteiger partial charge is 0.355 e. The van der Waals surface area contributed by atoms with Crippen LogP contribution < -0.4 is 10.5 Å². The summed E-state index contributed by atoms with van der Waals surface area (Å²) in [6.07, 6.45) is -0.0361. The van der Waals surface area contributed by atoms with Crippen LogP contribution in [0, 0.1) is 0 Å². The molecule has 1 aliphatic heterocycles. The molecule has 1 atom stereocenters. The minimum atomic E-state index is -3.96. The van der Waals surface area contributed by atoms with E-state index < -0.39 is 34.0 Å². The third kappa shape index (κ3) is 3.51. The number of amides is 3. The average Bonchev–Trinajstić information content (AvgIpc) is 3.03. The van der Waals surface area contributed by atoms with E-state index in [9.17, 15) is 22.8 Å². The van der Waals surface area contributed by atoms with Crippen LogP contribution in [0.5, 0.6) is 0 Å². The Balaban J connectivity index is 2.11. The number of esters is 1. The molecule has 3 N–H and O–H groups in total. The highest BCUT2D eigenvalue weighted by Gasteiger charge is 2.32. The molecule has 1 fully saturated rings. The van der Waals surface area contributed by atoms with Crippen LogP contribution in [0.25, 0.3) is 0 Å². The molecule has 1 saturated heterocycles. The summed E-state index contributed by atoms with van der Waals surface area (Å²) in [4.78, 5) is 36.2. The number of ether oxygens (including phenoxy) is 1. The maximum Gasteiger partial charge on any atom is 0.355 e. The number of primary sulfonamides is 1. The molecule has 0 unspecified atom stereocenters. The van der Waals surface area contributed by atoms with Crippen molar-refractivity contribution in [3.63, 3.8) is 0 Å². The fraction of sp³-hybridized carbons (Fsp3) is 0.417. The third-order valence-electron chi connectivity index (χ3n) is 3.27. The van der Waals surface area contributed by atoms with Gasteiger partial charge in [-0.3, -0.25) is 9.69 Å². The average molecular weight is 344 g/mol. The molecule has 1 aromatic heterocycles. The first kappa shape index (κ1) is 17.0. The van der Waals surface area contributed by atoms with Crippen molar-refractivity contribution in [3.05, 3.63) is 18.0 Å². The third-order valence-corrected chi connectivity index (χ3v) is 4.15. The Morgan fingerprint density at radius 3 is 2.57 bits per heavy atom. The number of rotatable bonds is 4. The van der Waals surface area contributed by atoms with Crippen LogP contribution in [0.4, 0.5) is 4.79 Å². The van der Waals surface area contributed by atoms with E-state index in [1.807, 2.05) is 0 Å². The zero-order valence-corrected chi connectivity index (χ0v) is 13.3. The number of nitrogens with two attached hydrogens (primary N) is 1. The Bertz CT molecular complexity index is 769. The van der Waals surface area contributed by atoms with Crippen molar-refractivity contribution in [2.75, 3.05) is 13.1 Å². The van der Waals surface area contributed by atoms with Gasteiger partial charge in [0.2, 0.25) is 10.0 Å². The molecule has 2 rings (SSSR count). The summed E-state index contributed by atoms with van der Waals surface area (Å²) >= 11 is 0. The van der Waals surface area contributed by atoms with Gasteiger partial charge in [-0.25, -0.2) is 23.1 Å². The van der Waals surface area contributed by atoms with E-state index >= 15 is 0 Å². The molecule has 1 aliphatic rings. The van der Waals surface area contributed by atoms with Gasteiger partial charge in [0.15, 0.2) is 6.10 Å². The van der Waals surface area contributed by atoms with E-state index in [0.717, 1.165) is 17.2 Å². The van der Waals surface area contributed by atoms with Crippen molar-refractivity contribution >= 4 is 27.9 Å². The Labute approximate surface area is 132 Å². The topological polar surface area (TPSA) is 141 Å². The van der Waals surface area contributed by atoms with Gasteiger partial charge in [0, 0.05) is 26.3 Å². The normalized spacial score (nSPS) is 16.1. The number of hydrogen-bond acceptors (Lipinski definition) is 6. The zero-order chi connectivity index (χ0) is 17.4. The van der Waals surface area contributed by atoms with Crippen molar-refractivity contribution in [1.82, 2.24) is 14.8 Å². The van der Waals surface area contributed by atoms with Crippen LogP contribution in [0.15, 0.2) is 17.2 Å². The monoisotopic (exact) mass is 344 g/mol. The van der Waals surface area contributed by atoms with Crippen molar-refractivity contribution in [3.8, 4) is 0 Å². The van der Waals surface area contributed by atoms with E-state index in [-0.39, 0.29) is 17.1 Å². The molecule has 0 spiro atoms. The van der Waals surface area contributed by atoms with Gasteiger partial charge >= 0.3 is 12.0 Å². The molecule has 23 heavy (non-hydrogen) atoms. The van der Waals surface area contributed by atoms with Gasteiger partial charge in [-0.2, -0.15) is 0 Å². The number of carbonyl (C=O) groups excluding carboxylic acids is 3. The quantitative estimate of drug-likeness (QED) is 0.655. The molecular weight excluding hydrogens is 328 g/mol. The lowest BCUT2D eigenvalue weighted by Gasteiger charge is -2.18. The van der Waals surface area contributed by atoms with Crippen LogP contribution in [-0.2, 0) is 26.6 Å². The summed E-state index contributed by atoms with van der Waals surface area (Å²) in [6.45, 7) is 1.86. The number of carbonyl (C=O) groups is 3. The lowest BCUT2D eigenvalue weighted by Crippen LogP contribution is -2.41. The minimum Gasteiger partial charge on any atom is -0.448 e. The number of hydrogen-bond donors (Lipinski definition) is 2. The molecule has 126 valence electrons. The van der Waals surface area contributed by atoms with Gasteiger partial charge in [0.25, 0.3) is 5.91 Å². The van der Waals surface area contributed by atoms with Gasteiger partial charge in [-0.1, -0.05) is 0 Å². The molecule has 2 heterocycles. The predicted molar refractivity (Wildman–Crippen MR) is 76.8 cm³/mol. The first-order valence-corrected chi connectivity index (χ1v) is 8.15. The lowest BCUT2D eigenvalue weighted by molar-refractivity contribution is -0.136. The molecule has 0 aliphatic carbocycles. The van der Waals surface area contributed by atoms with Crippen LogP contribution >= 0.6 is 0 Å². The largest absolute Gasteiger partial charge is 0.448 e. The van der Waals surface area contributed by atoms with E-state index in [1.54, 1.807) is 0 Å². The first-order valence-electron chi connectivity index (χ1n) is 6.60. The summed E-state index contributed by atoms with van der Waals surface area (Å²) in [5.41, 5.74) is -0.0838. The van der Waals surface area contributed by atoms with E-state index in [0.29, 0.717) is 6.54 Å². The second kappa shape index (κ2) is 6.01. The van der Waals surface area contributed by atoms with Gasteiger partial charge in [0.1, 0.15) is 10.6 Å². The van der Waals surface area contributed by atoms with Gasteiger partial charge in [0.05, 0.1) is 0 Å². The van der Waals surface area contributed by atoms with Crippen LogP contribution in [0.1, 0.15) is 17.4 Å². The SMILES string of the molecule is C[C@@H](OC(=O)c1cc(S(N)(=O)=O)cn1C)C(=O)N1CCNC1=O.